The van der Waals surface area contributed by atoms with Gasteiger partial charge in [-0.25, -0.2) is 4.79 Å². The molecule has 0 bridgehead atoms. The number of anilines is 1. The minimum Gasteiger partial charge on any atom is -0.462 e. The lowest BCUT2D eigenvalue weighted by molar-refractivity contribution is -0.128. The van der Waals surface area contributed by atoms with Crippen molar-refractivity contribution in [1.82, 2.24) is 4.90 Å². The van der Waals surface area contributed by atoms with Crippen molar-refractivity contribution >= 4 is 17.6 Å². The summed E-state index contributed by atoms with van der Waals surface area (Å²) in [6.45, 7) is 5.51. The van der Waals surface area contributed by atoms with Gasteiger partial charge in [0, 0.05) is 19.3 Å². The first-order valence-corrected chi connectivity index (χ1v) is 8.49. The van der Waals surface area contributed by atoms with Crippen LogP contribution >= 0.6 is 0 Å². The van der Waals surface area contributed by atoms with E-state index in [2.05, 4.69) is 12.2 Å². The molecule has 132 valence electrons. The molecule has 1 aliphatic heterocycles. The highest BCUT2D eigenvalue weighted by Gasteiger charge is 2.23. The zero-order chi connectivity index (χ0) is 18.2. The molecule has 1 aromatic rings. The van der Waals surface area contributed by atoms with Gasteiger partial charge in [0.25, 0.3) is 5.91 Å². The molecule has 0 atom stereocenters. The molecule has 1 aliphatic rings. The third-order valence-electron chi connectivity index (χ3n) is 4.22. The van der Waals surface area contributed by atoms with E-state index in [-0.39, 0.29) is 18.1 Å². The van der Waals surface area contributed by atoms with Gasteiger partial charge in [0.1, 0.15) is 11.6 Å². The van der Waals surface area contributed by atoms with Crippen LogP contribution in [0.1, 0.15) is 37.0 Å². The van der Waals surface area contributed by atoms with E-state index in [0.29, 0.717) is 30.3 Å². The first kappa shape index (κ1) is 18.5. The molecule has 1 fully saturated rings. The molecular formula is C19H23N3O3. The van der Waals surface area contributed by atoms with Crippen molar-refractivity contribution in [2.45, 2.75) is 26.7 Å². The Morgan fingerprint density at radius 3 is 2.68 bits per heavy atom. The summed E-state index contributed by atoms with van der Waals surface area (Å²) in [5.74, 6) is -0.127. The minimum atomic E-state index is -0.450. The fourth-order valence-corrected chi connectivity index (χ4v) is 2.67. The van der Waals surface area contributed by atoms with Crippen molar-refractivity contribution in [3.63, 3.8) is 0 Å². The lowest BCUT2D eigenvalue weighted by atomic mass is 9.99. The normalized spacial score (nSPS) is 15.4. The zero-order valence-corrected chi connectivity index (χ0v) is 14.6. The lowest BCUT2D eigenvalue weighted by Crippen LogP contribution is -2.38. The van der Waals surface area contributed by atoms with Crippen LogP contribution in [0.15, 0.2) is 36.0 Å². The summed E-state index contributed by atoms with van der Waals surface area (Å²) in [7, 11) is 0. The number of esters is 1. The van der Waals surface area contributed by atoms with E-state index < -0.39 is 5.97 Å². The maximum Gasteiger partial charge on any atom is 0.340 e. The largest absolute Gasteiger partial charge is 0.462 e. The third-order valence-corrected chi connectivity index (χ3v) is 4.22. The van der Waals surface area contributed by atoms with Gasteiger partial charge in [0.2, 0.25) is 0 Å². The number of carbonyl (C=O) groups excluding carboxylic acids is 2. The number of nitrogens with zero attached hydrogens (tertiary/aromatic N) is 2. The molecule has 0 unspecified atom stereocenters. The maximum atomic E-state index is 12.5. The average molecular weight is 341 g/mol. The zero-order valence-electron chi connectivity index (χ0n) is 14.6. The molecule has 25 heavy (non-hydrogen) atoms. The van der Waals surface area contributed by atoms with E-state index in [1.807, 2.05) is 6.07 Å². The van der Waals surface area contributed by atoms with E-state index in [4.69, 9.17) is 4.74 Å². The summed E-state index contributed by atoms with van der Waals surface area (Å²) in [6, 6.07) is 8.77. The van der Waals surface area contributed by atoms with Crippen molar-refractivity contribution < 1.29 is 14.3 Å². The number of ether oxygens (including phenoxy) is 1. The smallest absolute Gasteiger partial charge is 0.340 e. The first-order valence-electron chi connectivity index (χ1n) is 8.49. The number of nitrogens with one attached hydrogen (secondary N) is 1. The molecule has 6 nitrogen and oxygen atoms in total. The molecule has 1 amide bonds. The van der Waals surface area contributed by atoms with Crippen molar-refractivity contribution in [2.75, 3.05) is 25.0 Å². The molecule has 2 rings (SSSR count). The van der Waals surface area contributed by atoms with Crippen molar-refractivity contribution in [3.8, 4) is 6.07 Å². The van der Waals surface area contributed by atoms with Crippen LogP contribution in [0, 0.1) is 17.2 Å². The monoisotopic (exact) mass is 341 g/mol. The van der Waals surface area contributed by atoms with Gasteiger partial charge in [-0.05, 0) is 37.8 Å². The highest BCUT2D eigenvalue weighted by atomic mass is 16.5. The van der Waals surface area contributed by atoms with Crippen LogP contribution in [0.2, 0.25) is 0 Å². The molecule has 0 saturated carbocycles. The second kappa shape index (κ2) is 8.88. The number of amides is 1. The molecule has 1 N–H and O–H groups in total. The Hall–Kier alpha value is -2.81. The predicted molar refractivity (Wildman–Crippen MR) is 94.7 cm³/mol. The number of hydrogen-bond acceptors (Lipinski definition) is 5. The van der Waals surface area contributed by atoms with Crippen LogP contribution in [0.4, 0.5) is 5.69 Å². The Kier molecular flexibility index (Phi) is 6.58. The summed E-state index contributed by atoms with van der Waals surface area (Å²) in [6.07, 6.45) is 3.26. The number of para-hydroxylation sites is 1. The summed E-state index contributed by atoms with van der Waals surface area (Å²) in [5, 5.41) is 12.2. The number of likely N-dealkylation sites (tertiary alicyclic amines) is 1. The fourth-order valence-electron chi connectivity index (χ4n) is 2.67. The number of nitriles is 1. The fraction of sp³-hybridized carbons (Fsp3) is 0.421. The molecule has 1 saturated heterocycles. The SMILES string of the molecule is CCOC(=O)c1ccccc1N/C=C(/C#N)C(=O)N1CCC(C)CC1. The van der Waals surface area contributed by atoms with Crippen LogP contribution in [0.5, 0.6) is 0 Å². The van der Waals surface area contributed by atoms with Crippen molar-refractivity contribution in [2.24, 2.45) is 5.92 Å². The molecule has 0 spiro atoms. The first-order chi connectivity index (χ1) is 12.1. The molecular weight excluding hydrogens is 318 g/mol. The molecule has 1 aromatic carbocycles. The molecule has 0 aliphatic carbocycles. The van der Waals surface area contributed by atoms with E-state index in [0.717, 1.165) is 12.8 Å². The summed E-state index contributed by atoms with van der Waals surface area (Å²) in [5.41, 5.74) is 0.874. The van der Waals surface area contributed by atoms with Gasteiger partial charge in [-0.3, -0.25) is 4.79 Å². The Labute approximate surface area is 148 Å². The lowest BCUT2D eigenvalue weighted by Gasteiger charge is -2.30. The van der Waals surface area contributed by atoms with Crippen LogP contribution in [0.25, 0.3) is 0 Å². The Balaban J connectivity index is 2.12. The number of hydrogen-bond donors (Lipinski definition) is 1. The molecule has 1 heterocycles. The molecule has 0 aromatic heterocycles. The number of rotatable bonds is 5. The topological polar surface area (TPSA) is 82.4 Å². The number of benzene rings is 1. The van der Waals surface area contributed by atoms with E-state index in [9.17, 15) is 14.9 Å². The highest BCUT2D eigenvalue weighted by Crippen LogP contribution is 2.19. The van der Waals surface area contributed by atoms with Gasteiger partial charge in [-0.15, -0.1) is 0 Å². The van der Waals surface area contributed by atoms with Gasteiger partial charge in [-0.2, -0.15) is 5.26 Å². The Bertz CT molecular complexity index is 698. The second-order valence-corrected chi connectivity index (χ2v) is 6.05. The standard InChI is InChI=1S/C19H23N3O3/c1-3-25-19(24)16-6-4-5-7-17(16)21-13-15(12-20)18(23)22-10-8-14(2)9-11-22/h4-7,13-14,21H,3,8-11H2,1-2H3/b15-13-. The summed E-state index contributed by atoms with van der Waals surface area (Å²) in [4.78, 5) is 26.2. The molecule has 6 heteroatoms. The van der Waals surface area contributed by atoms with Crippen molar-refractivity contribution in [1.29, 1.82) is 5.26 Å². The van der Waals surface area contributed by atoms with Gasteiger partial charge in [-0.1, -0.05) is 19.1 Å². The van der Waals surface area contributed by atoms with Crippen LogP contribution < -0.4 is 5.32 Å². The second-order valence-electron chi connectivity index (χ2n) is 6.05. The van der Waals surface area contributed by atoms with Gasteiger partial charge in [0.15, 0.2) is 0 Å². The van der Waals surface area contributed by atoms with E-state index in [1.165, 1.54) is 6.20 Å². The van der Waals surface area contributed by atoms with Crippen LogP contribution in [0.3, 0.4) is 0 Å². The predicted octanol–water partition coefficient (Wildman–Crippen LogP) is 2.94. The van der Waals surface area contributed by atoms with Gasteiger partial charge in [0.05, 0.1) is 17.9 Å². The molecule has 0 radical (unpaired) electrons. The van der Waals surface area contributed by atoms with Crippen molar-refractivity contribution in [3.05, 3.63) is 41.6 Å². The third kappa shape index (κ3) is 4.83. The Morgan fingerprint density at radius 2 is 2.04 bits per heavy atom. The summed E-state index contributed by atoms with van der Waals surface area (Å²) >= 11 is 0. The van der Waals surface area contributed by atoms with Gasteiger partial charge < -0.3 is 15.0 Å². The quantitative estimate of drug-likeness (QED) is 0.506. The Morgan fingerprint density at radius 1 is 1.36 bits per heavy atom. The minimum absolute atomic E-state index is 0.0215. The summed E-state index contributed by atoms with van der Waals surface area (Å²) < 4.78 is 5.01. The highest BCUT2D eigenvalue weighted by molar-refractivity contribution is 5.99. The average Bonchev–Trinajstić information content (AvgIpc) is 2.63. The van der Waals surface area contributed by atoms with Crippen LogP contribution in [-0.2, 0) is 9.53 Å². The number of piperidine rings is 1. The van der Waals surface area contributed by atoms with Crippen LogP contribution in [-0.4, -0.2) is 36.5 Å². The van der Waals surface area contributed by atoms with Gasteiger partial charge >= 0.3 is 5.97 Å². The van der Waals surface area contributed by atoms with E-state index in [1.54, 1.807) is 36.1 Å². The number of carbonyl (C=O) groups is 2. The maximum absolute atomic E-state index is 12.5. The van der Waals surface area contributed by atoms with E-state index >= 15 is 0 Å².